The number of rotatable bonds is 1. The summed E-state index contributed by atoms with van der Waals surface area (Å²) in [6.45, 7) is 1.14. The molecule has 1 saturated heterocycles. The number of halogens is 2. The molecule has 1 aromatic rings. The highest BCUT2D eigenvalue weighted by molar-refractivity contribution is 9.10. The highest BCUT2D eigenvalue weighted by Gasteiger charge is 2.14. The van der Waals surface area contributed by atoms with Crippen LogP contribution >= 0.6 is 40.1 Å². The fourth-order valence-electron chi connectivity index (χ4n) is 1.45. The van der Waals surface area contributed by atoms with Crippen molar-refractivity contribution in [2.75, 3.05) is 12.3 Å². The molecule has 78 valence electrons. The molecule has 0 aliphatic carbocycles. The molecule has 1 fully saturated rings. The Morgan fingerprint density at radius 2 is 2.29 bits per heavy atom. The van der Waals surface area contributed by atoms with Crippen molar-refractivity contribution in [1.82, 2.24) is 5.32 Å². The van der Waals surface area contributed by atoms with E-state index in [4.69, 9.17) is 0 Å². The summed E-state index contributed by atoms with van der Waals surface area (Å²) in [6.07, 6.45) is 1.29. The van der Waals surface area contributed by atoms with Gasteiger partial charge in [0.05, 0.1) is 5.37 Å². The van der Waals surface area contributed by atoms with Crippen LogP contribution in [0.25, 0.3) is 0 Å². The fraction of sp³-hybridized carbons (Fsp3) is 0.400. The van der Waals surface area contributed by atoms with Crippen molar-refractivity contribution in [3.8, 4) is 0 Å². The molecular formula is C10H13BrClNS. The maximum atomic E-state index is 3.50. The van der Waals surface area contributed by atoms with Gasteiger partial charge < -0.3 is 5.32 Å². The van der Waals surface area contributed by atoms with Gasteiger partial charge in [0.15, 0.2) is 0 Å². The van der Waals surface area contributed by atoms with E-state index in [1.165, 1.54) is 17.7 Å². The van der Waals surface area contributed by atoms with E-state index in [0.717, 1.165) is 11.0 Å². The number of nitrogens with one attached hydrogen (secondary N) is 1. The third kappa shape index (κ3) is 3.16. The molecule has 1 heterocycles. The van der Waals surface area contributed by atoms with Crippen molar-refractivity contribution in [1.29, 1.82) is 0 Å². The normalized spacial score (nSPS) is 21.4. The van der Waals surface area contributed by atoms with Crippen molar-refractivity contribution in [2.45, 2.75) is 11.8 Å². The Labute approximate surface area is 104 Å². The lowest BCUT2D eigenvalue weighted by Crippen LogP contribution is -2.25. The van der Waals surface area contributed by atoms with E-state index in [2.05, 4.69) is 45.5 Å². The van der Waals surface area contributed by atoms with Gasteiger partial charge in [-0.2, -0.15) is 0 Å². The Bertz CT molecular complexity index is 289. The van der Waals surface area contributed by atoms with E-state index < -0.39 is 0 Å². The molecule has 4 heteroatoms. The lowest BCUT2D eigenvalue weighted by molar-refractivity contribution is 0.643. The highest BCUT2D eigenvalue weighted by atomic mass is 79.9. The SMILES string of the molecule is Brc1cccc(C2NCCCS2)c1.Cl. The van der Waals surface area contributed by atoms with Gasteiger partial charge in [0.2, 0.25) is 0 Å². The van der Waals surface area contributed by atoms with Crippen molar-refractivity contribution >= 4 is 40.1 Å². The Morgan fingerprint density at radius 3 is 2.93 bits per heavy atom. The molecule has 0 spiro atoms. The Hall–Kier alpha value is 0.300. The van der Waals surface area contributed by atoms with Gasteiger partial charge in [-0.15, -0.1) is 24.2 Å². The predicted molar refractivity (Wildman–Crippen MR) is 69.2 cm³/mol. The van der Waals surface area contributed by atoms with Crippen LogP contribution in [0.1, 0.15) is 17.4 Å². The largest absolute Gasteiger partial charge is 0.302 e. The number of hydrogen-bond acceptors (Lipinski definition) is 2. The lowest BCUT2D eigenvalue weighted by atomic mass is 10.2. The average Bonchev–Trinajstić information content (AvgIpc) is 2.19. The molecule has 0 aromatic heterocycles. The van der Waals surface area contributed by atoms with Crippen molar-refractivity contribution in [2.24, 2.45) is 0 Å². The number of thioether (sulfide) groups is 1. The van der Waals surface area contributed by atoms with Gasteiger partial charge in [-0.1, -0.05) is 28.1 Å². The summed E-state index contributed by atoms with van der Waals surface area (Å²) in [5.41, 5.74) is 1.37. The summed E-state index contributed by atoms with van der Waals surface area (Å²) in [5.74, 6) is 1.27. The zero-order chi connectivity index (χ0) is 9.10. The summed E-state index contributed by atoms with van der Waals surface area (Å²) < 4.78 is 1.16. The minimum Gasteiger partial charge on any atom is -0.302 e. The van der Waals surface area contributed by atoms with Crippen LogP contribution in [-0.2, 0) is 0 Å². The van der Waals surface area contributed by atoms with Gasteiger partial charge in [0.1, 0.15) is 0 Å². The van der Waals surface area contributed by atoms with E-state index in [0.29, 0.717) is 5.37 Å². The first-order chi connectivity index (χ1) is 6.36. The fourth-order valence-corrected chi connectivity index (χ4v) is 2.99. The zero-order valence-corrected chi connectivity index (χ0v) is 10.9. The first kappa shape index (κ1) is 12.4. The lowest BCUT2D eigenvalue weighted by Gasteiger charge is -2.23. The molecule has 0 radical (unpaired) electrons. The second-order valence-corrected chi connectivity index (χ2v) is 5.24. The van der Waals surface area contributed by atoms with Crippen LogP contribution in [0, 0.1) is 0 Å². The maximum absolute atomic E-state index is 3.50. The number of hydrogen-bond donors (Lipinski definition) is 1. The first-order valence-corrected chi connectivity index (χ1v) is 6.31. The third-order valence-electron chi connectivity index (χ3n) is 2.09. The van der Waals surface area contributed by atoms with Crippen LogP contribution in [0.5, 0.6) is 0 Å². The standard InChI is InChI=1S/C10H12BrNS.ClH/c11-9-4-1-3-8(7-9)10-12-5-2-6-13-10;/h1,3-4,7,10,12H,2,5-6H2;1H. The van der Waals surface area contributed by atoms with Crippen LogP contribution in [-0.4, -0.2) is 12.3 Å². The van der Waals surface area contributed by atoms with Crippen molar-refractivity contribution in [3.63, 3.8) is 0 Å². The summed E-state index contributed by atoms with van der Waals surface area (Å²) in [5, 5.41) is 4.00. The summed E-state index contributed by atoms with van der Waals surface area (Å²) >= 11 is 5.48. The molecule has 1 unspecified atom stereocenters. The summed E-state index contributed by atoms with van der Waals surface area (Å²) in [7, 11) is 0. The molecular weight excluding hydrogens is 282 g/mol. The van der Waals surface area contributed by atoms with Crippen molar-refractivity contribution < 1.29 is 0 Å². The van der Waals surface area contributed by atoms with Gasteiger partial charge in [-0.05, 0) is 36.4 Å². The van der Waals surface area contributed by atoms with E-state index in [-0.39, 0.29) is 12.4 Å². The van der Waals surface area contributed by atoms with Crippen LogP contribution in [0.15, 0.2) is 28.7 Å². The van der Waals surface area contributed by atoms with E-state index in [1.54, 1.807) is 0 Å². The quantitative estimate of drug-likeness (QED) is 0.849. The minimum atomic E-state index is 0. The van der Waals surface area contributed by atoms with Gasteiger partial charge >= 0.3 is 0 Å². The van der Waals surface area contributed by atoms with E-state index >= 15 is 0 Å². The molecule has 1 atom stereocenters. The average molecular weight is 295 g/mol. The smallest absolute Gasteiger partial charge is 0.0789 e. The Morgan fingerprint density at radius 1 is 1.43 bits per heavy atom. The molecule has 0 saturated carbocycles. The number of benzene rings is 1. The molecule has 1 aromatic carbocycles. The molecule has 1 nitrogen and oxygen atoms in total. The van der Waals surface area contributed by atoms with Gasteiger partial charge in [-0.25, -0.2) is 0 Å². The molecule has 0 amide bonds. The molecule has 14 heavy (non-hydrogen) atoms. The first-order valence-electron chi connectivity index (χ1n) is 4.47. The summed E-state index contributed by atoms with van der Waals surface area (Å²) in [4.78, 5) is 0. The molecule has 1 aliphatic rings. The Kier molecular flexibility index (Phi) is 5.31. The highest BCUT2D eigenvalue weighted by Crippen LogP contribution is 2.30. The van der Waals surface area contributed by atoms with Gasteiger partial charge in [-0.3, -0.25) is 0 Å². The minimum absolute atomic E-state index is 0. The monoisotopic (exact) mass is 293 g/mol. The maximum Gasteiger partial charge on any atom is 0.0789 e. The topological polar surface area (TPSA) is 12.0 Å². The second kappa shape index (κ2) is 6.01. The van der Waals surface area contributed by atoms with E-state index in [1.807, 2.05) is 11.8 Å². The molecule has 1 N–H and O–H groups in total. The third-order valence-corrected chi connectivity index (χ3v) is 3.88. The van der Waals surface area contributed by atoms with E-state index in [9.17, 15) is 0 Å². The van der Waals surface area contributed by atoms with Gasteiger partial charge in [0, 0.05) is 4.47 Å². The Balaban J connectivity index is 0.000000980. The summed E-state index contributed by atoms with van der Waals surface area (Å²) in [6, 6.07) is 8.53. The second-order valence-electron chi connectivity index (χ2n) is 3.11. The van der Waals surface area contributed by atoms with Crippen LogP contribution in [0.2, 0.25) is 0 Å². The molecule has 0 bridgehead atoms. The molecule has 1 aliphatic heterocycles. The van der Waals surface area contributed by atoms with Crippen molar-refractivity contribution in [3.05, 3.63) is 34.3 Å². The van der Waals surface area contributed by atoms with Crippen LogP contribution in [0.4, 0.5) is 0 Å². The van der Waals surface area contributed by atoms with Crippen LogP contribution < -0.4 is 5.32 Å². The van der Waals surface area contributed by atoms with Crippen LogP contribution in [0.3, 0.4) is 0 Å². The molecule has 2 rings (SSSR count). The zero-order valence-electron chi connectivity index (χ0n) is 7.70. The predicted octanol–water partition coefficient (Wildman–Crippen LogP) is 3.60. The van der Waals surface area contributed by atoms with Gasteiger partial charge in [0.25, 0.3) is 0 Å².